The third-order valence-corrected chi connectivity index (χ3v) is 1.97. The SMILES string of the molecule is O=Cc1ccc2c(c1)OC(=S)OC2. The Hall–Kier alpha value is -1.42. The van der Waals surface area contributed by atoms with Crippen molar-refractivity contribution in [2.24, 2.45) is 0 Å². The van der Waals surface area contributed by atoms with Crippen molar-refractivity contribution in [3.63, 3.8) is 0 Å². The van der Waals surface area contributed by atoms with Gasteiger partial charge in [0.2, 0.25) is 0 Å². The van der Waals surface area contributed by atoms with Crippen molar-refractivity contribution in [2.45, 2.75) is 6.61 Å². The van der Waals surface area contributed by atoms with Gasteiger partial charge in [0.05, 0.1) is 0 Å². The summed E-state index contributed by atoms with van der Waals surface area (Å²) in [5, 5.41) is 0.107. The number of ether oxygens (including phenoxy) is 2. The van der Waals surface area contributed by atoms with Gasteiger partial charge in [0.1, 0.15) is 18.6 Å². The minimum absolute atomic E-state index is 0.107. The number of aldehydes is 1. The monoisotopic (exact) mass is 194 g/mol. The summed E-state index contributed by atoms with van der Waals surface area (Å²) in [7, 11) is 0. The average molecular weight is 194 g/mol. The lowest BCUT2D eigenvalue weighted by Gasteiger charge is -2.17. The maximum atomic E-state index is 10.5. The third kappa shape index (κ3) is 1.53. The summed E-state index contributed by atoms with van der Waals surface area (Å²) in [6, 6.07) is 5.16. The van der Waals surface area contributed by atoms with Crippen LogP contribution in [0, 0.1) is 0 Å². The lowest BCUT2D eigenvalue weighted by Crippen LogP contribution is -2.16. The molecule has 0 amide bonds. The Kier molecular flexibility index (Phi) is 1.98. The van der Waals surface area contributed by atoms with Crippen molar-refractivity contribution in [1.29, 1.82) is 0 Å². The maximum Gasteiger partial charge on any atom is 0.358 e. The number of hydrogen-bond acceptors (Lipinski definition) is 4. The van der Waals surface area contributed by atoms with Crippen LogP contribution in [0.2, 0.25) is 0 Å². The Bertz CT molecular complexity index is 373. The Labute approximate surface area is 80.3 Å². The van der Waals surface area contributed by atoms with E-state index < -0.39 is 0 Å². The summed E-state index contributed by atoms with van der Waals surface area (Å²) < 4.78 is 10.1. The van der Waals surface area contributed by atoms with Gasteiger partial charge in [0.25, 0.3) is 0 Å². The quantitative estimate of drug-likeness (QED) is 0.503. The molecule has 0 saturated heterocycles. The highest BCUT2D eigenvalue weighted by Gasteiger charge is 2.15. The Morgan fingerprint density at radius 2 is 2.31 bits per heavy atom. The fourth-order valence-corrected chi connectivity index (χ4v) is 1.26. The number of benzene rings is 1. The van der Waals surface area contributed by atoms with E-state index in [1.165, 1.54) is 0 Å². The molecule has 0 spiro atoms. The van der Waals surface area contributed by atoms with Gasteiger partial charge in [-0.15, -0.1) is 0 Å². The van der Waals surface area contributed by atoms with Crippen LogP contribution in [0.4, 0.5) is 0 Å². The van der Waals surface area contributed by atoms with Crippen LogP contribution < -0.4 is 4.74 Å². The zero-order valence-corrected chi connectivity index (χ0v) is 7.47. The van der Waals surface area contributed by atoms with Crippen molar-refractivity contribution in [1.82, 2.24) is 0 Å². The van der Waals surface area contributed by atoms with E-state index in [2.05, 4.69) is 0 Å². The van der Waals surface area contributed by atoms with E-state index in [4.69, 9.17) is 21.7 Å². The van der Waals surface area contributed by atoms with Gasteiger partial charge in [-0.25, -0.2) is 0 Å². The first-order valence-electron chi connectivity index (χ1n) is 3.72. The second kappa shape index (κ2) is 3.14. The van der Waals surface area contributed by atoms with Gasteiger partial charge in [0.15, 0.2) is 0 Å². The minimum Gasteiger partial charge on any atom is -0.452 e. The fraction of sp³-hybridized carbons (Fsp3) is 0.111. The molecule has 1 heterocycles. The molecule has 2 rings (SSSR count). The number of thiocarbonyl (C=S) groups is 1. The molecule has 3 nitrogen and oxygen atoms in total. The van der Waals surface area contributed by atoms with Crippen LogP contribution >= 0.6 is 12.2 Å². The Morgan fingerprint density at radius 1 is 1.46 bits per heavy atom. The van der Waals surface area contributed by atoms with Gasteiger partial charge < -0.3 is 9.47 Å². The van der Waals surface area contributed by atoms with Crippen LogP contribution in [0.5, 0.6) is 5.75 Å². The standard InChI is InChI=1S/C9H6O3S/c10-4-6-1-2-7-5-11-9(13)12-8(7)3-6/h1-4H,5H2. The van der Waals surface area contributed by atoms with Gasteiger partial charge in [-0.2, -0.15) is 0 Å². The second-order valence-electron chi connectivity index (χ2n) is 2.63. The highest BCUT2D eigenvalue weighted by molar-refractivity contribution is 7.79. The van der Waals surface area contributed by atoms with Gasteiger partial charge >= 0.3 is 5.24 Å². The molecule has 13 heavy (non-hydrogen) atoms. The molecular formula is C9H6O3S. The molecule has 0 saturated carbocycles. The summed E-state index contributed by atoms with van der Waals surface area (Å²) in [5.74, 6) is 0.612. The molecule has 0 atom stereocenters. The number of hydrogen-bond donors (Lipinski definition) is 0. The van der Waals surface area contributed by atoms with Crippen LogP contribution in [0.3, 0.4) is 0 Å². The molecule has 0 bridgehead atoms. The normalized spacial score (nSPS) is 14.0. The summed E-state index contributed by atoms with van der Waals surface area (Å²) in [4.78, 5) is 10.5. The second-order valence-corrected chi connectivity index (χ2v) is 2.96. The van der Waals surface area contributed by atoms with E-state index in [9.17, 15) is 4.79 Å². The van der Waals surface area contributed by atoms with Crippen molar-refractivity contribution in [3.8, 4) is 5.75 Å². The van der Waals surface area contributed by atoms with Crippen LogP contribution in [0.25, 0.3) is 0 Å². The first-order chi connectivity index (χ1) is 6.29. The molecule has 0 aromatic heterocycles. The highest BCUT2D eigenvalue weighted by atomic mass is 32.1. The van der Waals surface area contributed by atoms with Crippen molar-refractivity contribution in [3.05, 3.63) is 29.3 Å². The molecule has 0 fully saturated rings. The molecule has 1 aromatic carbocycles. The molecule has 4 heteroatoms. The lowest BCUT2D eigenvalue weighted by atomic mass is 10.1. The predicted molar refractivity (Wildman–Crippen MR) is 49.8 cm³/mol. The summed E-state index contributed by atoms with van der Waals surface area (Å²) in [6.07, 6.45) is 0.766. The summed E-state index contributed by atoms with van der Waals surface area (Å²) >= 11 is 4.73. The largest absolute Gasteiger partial charge is 0.452 e. The van der Waals surface area contributed by atoms with E-state index in [-0.39, 0.29) is 5.24 Å². The number of carbonyl (C=O) groups excluding carboxylic acids is 1. The van der Waals surface area contributed by atoms with E-state index in [1.807, 2.05) is 0 Å². The molecule has 1 aliphatic rings. The fourth-order valence-electron chi connectivity index (χ4n) is 1.11. The minimum atomic E-state index is 0.107. The lowest BCUT2D eigenvalue weighted by molar-refractivity contribution is 0.112. The van der Waals surface area contributed by atoms with Crippen molar-refractivity contribution < 1.29 is 14.3 Å². The molecule has 66 valence electrons. The topological polar surface area (TPSA) is 35.5 Å². The third-order valence-electron chi connectivity index (χ3n) is 1.77. The first kappa shape index (κ1) is 8.19. The molecular weight excluding hydrogens is 188 g/mol. The van der Waals surface area contributed by atoms with Crippen LogP contribution in [-0.2, 0) is 11.3 Å². The van der Waals surface area contributed by atoms with E-state index in [1.54, 1.807) is 18.2 Å². The van der Waals surface area contributed by atoms with Gasteiger partial charge in [-0.1, -0.05) is 12.1 Å². The first-order valence-corrected chi connectivity index (χ1v) is 4.13. The van der Waals surface area contributed by atoms with Crippen molar-refractivity contribution >= 4 is 23.7 Å². The zero-order valence-electron chi connectivity index (χ0n) is 6.65. The predicted octanol–water partition coefficient (Wildman–Crippen LogP) is 1.69. The number of rotatable bonds is 1. The van der Waals surface area contributed by atoms with E-state index >= 15 is 0 Å². The van der Waals surface area contributed by atoms with E-state index in [0.717, 1.165) is 11.8 Å². The van der Waals surface area contributed by atoms with Gasteiger partial charge in [-0.3, -0.25) is 4.79 Å². The van der Waals surface area contributed by atoms with Gasteiger partial charge in [-0.05, 0) is 6.07 Å². The Morgan fingerprint density at radius 3 is 3.08 bits per heavy atom. The number of carbonyl (C=O) groups is 1. The van der Waals surface area contributed by atoms with Crippen LogP contribution in [0.1, 0.15) is 15.9 Å². The Balaban J connectivity index is 2.43. The van der Waals surface area contributed by atoms with E-state index in [0.29, 0.717) is 17.9 Å². The summed E-state index contributed by atoms with van der Waals surface area (Å²) in [5.41, 5.74) is 1.47. The molecule has 0 aliphatic carbocycles. The molecule has 0 N–H and O–H groups in total. The summed E-state index contributed by atoms with van der Waals surface area (Å²) in [6.45, 7) is 0.410. The zero-order chi connectivity index (χ0) is 9.26. The van der Waals surface area contributed by atoms with Crippen molar-refractivity contribution in [2.75, 3.05) is 0 Å². The molecule has 1 aromatic rings. The molecule has 1 aliphatic heterocycles. The smallest absolute Gasteiger partial charge is 0.358 e. The van der Waals surface area contributed by atoms with Gasteiger partial charge in [0, 0.05) is 23.3 Å². The number of fused-ring (bicyclic) bond motifs is 1. The molecule has 0 radical (unpaired) electrons. The van der Waals surface area contributed by atoms with Crippen LogP contribution in [-0.4, -0.2) is 11.5 Å². The molecule has 0 unspecified atom stereocenters. The highest BCUT2D eigenvalue weighted by Crippen LogP contribution is 2.24. The average Bonchev–Trinajstić information content (AvgIpc) is 2.16. The maximum absolute atomic E-state index is 10.5. The van der Waals surface area contributed by atoms with Crippen LogP contribution in [0.15, 0.2) is 18.2 Å².